The number of ether oxygens (including phenoxy) is 1. The fourth-order valence-corrected chi connectivity index (χ4v) is 4.23. The van der Waals surface area contributed by atoms with Gasteiger partial charge in [-0.3, -0.25) is 4.57 Å². The molecule has 2 fully saturated rings. The van der Waals surface area contributed by atoms with Crippen molar-refractivity contribution in [1.29, 1.82) is 0 Å². The molecule has 5 rings (SSSR count). The lowest BCUT2D eigenvalue weighted by molar-refractivity contribution is 0.126. The maximum Gasteiger partial charge on any atom is 0.224 e. The molecule has 164 valence electrons. The number of fused-ring (bicyclic) bond motifs is 1. The van der Waals surface area contributed by atoms with Crippen LogP contribution in [-0.2, 0) is 4.74 Å². The molecule has 1 saturated carbocycles. The first-order chi connectivity index (χ1) is 15.1. The first-order valence-corrected chi connectivity index (χ1v) is 10.6. The molecule has 0 unspecified atom stereocenters. The van der Waals surface area contributed by atoms with E-state index in [-0.39, 0.29) is 23.9 Å². The van der Waals surface area contributed by atoms with Crippen LogP contribution in [0.15, 0.2) is 24.4 Å². The lowest BCUT2D eigenvalue weighted by Crippen LogP contribution is -2.29. The van der Waals surface area contributed by atoms with Gasteiger partial charge in [0.25, 0.3) is 0 Å². The molecule has 1 saturated heterocycles. The summed E-state index contributed by atoms with van der Waals surface area (Å²) in [5.74, 6) is -0.441. The van der Waals surface area contributed by atoms with Crippen molar-refractivity contribution in [2.45, 2.75) is 50.3 Å². The number of imidazole rings is 1. The smallest absolute Gasteiger partial charge is 0.224 e. The zero-order valence-electron chi connectivity index (χ0n) is 16.9. The number of anilines is 3. The minimum Gasteiger partial charge on any atom is -0.393 e. The normalized spacial score (nSPS) is 23.9. The van der Waals surface area contributed by atoms with Gasteiger partial charge in [-0.25, -0.2) is 18.7 Å². The van der Waals surface area contributed by atoms with Crippen LogP contribution in [0.2, 0.25) is 0 Å². The van der Waals surface area contributed by atoms with Crippen molar-refractivity contribution in [1.82, 2.24) is 19.5 Å². The number of hydrogen-bond acceptors (Lipinski definition) is 7. The molecule has 10 heteroatoms. The van der Waals surface area contributed by atoms with Gasteiger partial charge in [0.2, 0.25) is 11.9 Å². The Labute approximate surface area is 177 Å². The number of aromatic nitrogens is 4. The number of nitrogens with one attached hydrogen (secondary N) is 2. The van der Waals surface area contributed by atoms with Crippen LogP contribution < -0.4 is 10.6 Å². The van der Waals surface area contributed by atoms with Crippen LogP contribution in [0.25, 0.3) is 11.2 Å². The van der Waals surface area contributed by atoms with Gasteiger partial charge in [0.15, 0.2) is 5.65 Å². The largest absolute Gasteiger partial charge is 0.393 e. The molecular formula is C21H24F2N6O2. The molecule has 3 aromatic rings. The minimum atomic E-state index is -0.700. The third-order valence-corrected chi connectivity index (χ3v) is 5.91. The maximum atomic E-state index is 14.2. The van der Waals surface area contributed by atoms with Crippen molar-refractivity contribution in [2.75, 3.05) is 23.8 Å². The van der Waals surface area contributed by atoms with Gasteiger partial charge >= 0.3 is 0 Å². The van der Waals surface area contributed by atoms with Crippen molar-refractivity contribution >= 4 is 28.7 Å². The van der Waals surface area contributed by atoms with E-state index in [1.165, 1.54) is 12.1 Å². The van der Waals surface area contributed by atoms with Crippen LogP contribution in [0.4, 0.5) is 26.4 Å². The number of rotatable bonds is 5. The highest BCUT2D eigenvalue weighted by atomic mass is 19.1. The van der Waals surface area contributed by atoms with Crippen molar-refractivity contribution < 1.29 is 18.6 Å². The average molecular weight is 430 g/mol. The van der Waals surface area contributed by atoms with Gasteiger partial charge in [-0.05, 0) is 44.2 Å². The van der Waals surface area contributed by atoms with Crippen molar-refractivity contribution in [3.05, 3.63) is 36.0 Å². The van der Waals surface area contributed by atoms with Crippen LogP contribution >= 0.6 is 0 Å². The summed E-state index contributed by atoms with van der Waals surface area (Å²) in [4.78, 5) is 13.7. The first-order valence-electron chi connectivity index (χ1n) is 10.6. The van der Waals surface area contributed by atoms with E-state index in [0.717, 1.165) is 38.2 Å². The lowest BCUT2D eigenvalue weighted by atomic mass is 9.93. The van der Waals surface area contributed by atoms with Crippen LogP contribution in [0.1, 0.15) is 38.1 Å². The quantitative estimate of drug-likeness (QED) is 0.570. The zero-order chi connectivity index (χ0) is 21.4. The highest BCUT2D eigenvalue weighted by molar-refractivity contribution is 5.76. The van der Waals surface area contributed by atoms with Crippen LogP contribution in [0.3, 0.4) is 0 Å². The Morgan fingerprint density at radius 2 is 1.94 bits per heavy atom. The van der Waals surface area contributed by atoms with Crippen LogP contribution in [0.5, 0.6) is 0 Å². The fraction of sp³-hybridized carbons (Fsp3) is 0.476. The molecule has 3 N–H and O–H groups in total. The second-order valence-electron chi connectivity index (χ2n) is 8.12. The molecule has 31 heavy (non-hydrogen) atoms. The molecule has 8 nitrogen and oxygen atoms in total. The average Bonchev–Trinajstić information content (AvgIpc) is 3.39. The van der Waals surface area contributed by atoms with Gasteiger partial charge < -0.3 is 20.5 Å². The summed E-state index contributed by atoms with van der Waals surface area (Å²) in [5, 5.41) is 16.1. The Morgan fingerprint density at radius 3 is 2.68 bits per heavy atom. The molecule has 0 bridgehead atoms. The second-order valence-corrected chi connectivity index (χ2v) is 8.12. The molecule has 2 aromatic heterocycles. The van der Waals surface area contributed by atoms with Crippen molar-refractivity contribution in [3.63, 3.8) is 0 Å². The SMILES string of the molecule is OC1CCC(Nc2ncc3nc(Nc4ccc(F)cc4F)n([C@H]4CCOC4)c3n2)CC1. The van der Waals surface area contributed by atoms with E-state index in [0.29, 0.717) is 36.3 Å². The summed E-state index contributed by atoms with van der Waals surface area (Å²) in [7, 11) is 0. The van der Waals surface area contributed by atoms with E-state index < -0.39 is 11.6 Å². The van der Waals surface area contributed by atoms with Crippen LogP contribution in [0, 0.1) is 11.6 Å². The maximum absolute atomic E-state index is 14.2. The predicted octanol–water partition coefficient (Wildman–Crippen LogP) is 3.52. The fourth-order valence-electron chi connectivity index (χ4n) is 4.23. The van der Waals surface area contributed by atoms with E-state index in [2.05, 4.69) is 20.6 Å². The van der Waals surface area contributed by atoms with Gasteiger partial charge in [-0.2, -0.15) is 4.98 Å². The Bertz CT molecular complexity index is 1080. The highest BCUT2D eigenvalue weighted by Crippen LogP contribution is 2.31. The number of benzene rings is 1. The predicted molar refractivity (Wildman–Crippen MR) is 111 cm³/mol. The van der Waals surface area contributed by atoms with E-state index in [1.807, 2.05) is 4.57 Å². The van der Waals surface area contributed by atoms with E-state index in [9.17, 15) is 13.9 Å². The van der Waals surface area contributed by atoms with Crippen molar-refractivity contribution in [3.8, 4) is 0 Å². The Kier molecular flexibility index (Phi) is 5.41. The molecule has 0 amide bonds. The summed E-state index contributed by atoms with van der Waals surface area (Å²) < 4.78 is 35.0. The molecule has 1 atom stereocenters. The van der Waals surface area contributed by atoms with Gasteiger partial charge in [-0.1, -0.05) is 0 Å². The van der Waals surface area contributed by atoms with Gasteiger partial charge in [0, 0.05) is 18.7 Å². The molecule has 2 aliphatic rings. The number of halogens is 2. The summed E-state index contributed by atoms with van der Waals surface area (Å²) in [5.41, 5.74) is 1.32. The third kappa shape index (κ3) is 4.17. The Morgan fingerprint density at radius 1 is 1.10 bits per heavy atom. The van der Waals surface area contributed by atoms with E-state index >= 15 is 0 Å². The molecule has 0 spiro atoms. The number of nitrogens with zero attached hydrogens (tertiary/aromatic N) is 4. The third-order valence-electron chi connectivity index (χ3n) is 5.91. The molecule has 1 aliphatic carbocycles. The molecule has 1 aliphatic heterocycles. The number of hydrogen-bond donors (Lipinski definition) is 3. The first kappa shape index (κ1) is 20.1. The molecule has 3 heterocycles. The second kappa shape index (κ2) is 8.35. The summed E-state index contributed by atoms with van der Waals surface area (Å²) in [6.45, 7) is 1.12. The number of aliphatic hydroxyl groups is 1. The number of aliphatic hydroxyl groups excluding tert-OH is 1. The summed E-state index contributed by atoms with van der Waals surface area (Å²) in [6, 6.07) is 3.56. The topological polar surface area (TPSA) is 97.1 Å². The van der Waals surface area contributed by atoms with Crippen LogP contribution in [-0.4, -0.2) is 50.0 Å². The summed E-state index contributed by atoms with van der Waals surface area (Å²) in [6.07, 6.45) is 5.42. The van der Waals surface area contributed by atoms with Gasteiger partial charge in [-0.15, -0.1) is 0 Å². The summed E-state index contributed by atoms with van der Waals surface area (Å²) >= 11 is 0. The molecule has 0 radical (unpaired) electrons. The van der Waals surface area contributed by atoms with Gasteiger partial charge in [0.1, 0.15) is 17.2 Å². The lowest BCUT2D eigenvalue weighted by Gasteiger charge is -2.26. The van der Waals surface area contributed by atoms with Gasteiger partial charge in [0.05, 0.1) is 30.6 Å². The van der Waals surface area contributed by atoms with Crippen molar-refractivity contribution in [2.24, 2.45) is 0 Å². The van der Waals surface area contributed by atoms with E-state index in [1.54, 1.807) is 6.20 Å². The Balaban J connectivity index is 1.49. The monoisotopic (exact) mass is 430 g/mol. The zero-order valence-corrected chi connectivity index (χ0v) is 16.9. The molecule has 1 aromatic carbocycles. The highest BCUT2D eigenvalue weighted by Gasteiger charge is 2.26. The van der Waals surface area contributed by atoms with E-state index in [4.69, 9.17) is 9.72 Å². The molecular weight excluding hydrogens is 406 g/mol. The Hall–Kier alpha value is -2.85. The standard InChI is InChI=1S/C21H24F2N6O2/c22-12-1-6-17(16(23)9-12)26-21-27-18-10-24-20(25-13-2-4-15(30)5-3-13)28-19(18)29(21)14-7-8-31-11-14/h1,6,9-10,13-15,30H,2-5,7-8,11H2,(H,26,27)(H,24,25,28)/t13?,14-,15?/m0/s1. The minimum absolute atomic E-state index is 0.0106.